The Hall–Kier alpha value is -1.32. The number of aromatic nitrogens is 2. The molecule has 1 rings (SSSR count). The molecular weight excluding hydrogens is 168 g/mol. The third kappa shape index (κ3) is 2.31. The van der Waals surface area contributed by atoms with Crippen molar-refractivity contribution in [2.24, 2.45) is 5.41 Å². The number of carbonyl (C=O) groups excluding carboxylic acids is 1. The van der Waals surface area contributed by atoms with Crippen LogP contribution in [0.3, 0.4) is 0 Å². The summed E-state index contributed by atoms with van der Waals surface area (Å²) < 4.78 is 5.07. The lowest BCUT2D eigenvalue weighted by molar-refractivity contribution is -0.143. The van der Waals surface area contributed by atoms with Gasteiger partial charge < -0.3 is 4.74 Å². The van der Waals surface area contributed by atoms with Crippen molar-refractivity contribution in [2.45, 2.75) is 27.7 Å². The van der Waals surface area contributed by atoms with Gasteiger partial charge in [0, 0.05) is 11.8 Å². The highest BCUT2D eigenvalue weighted by molar-refractivity contribution is 5.77. The van der Waals surface area contributed by atoms with Crippen LogP contribution in [0.4, 0.5) is 0 Å². The van der Waals surface area contributed by atoms with Crippen molar-refractivity contribution in [3.8, 4) is 5.88 Å². The van der Waals surface area contributed by atoms with E-state index in [1.807, 2.05) is 6.92 Å². The molecule has 13 heavy (non-hydrogen) atoms. The van der Waals surface area contributed by atoms with Crippen molar-refractivity contribution in [1.82, 2.24) is 10.2 Å². The monoisotopic (exact) mass is 182 g/mol. The van der Waals surface area contributed by atoms with Crippen LogP contribution in [-0.4, -0.2) is 16.2 Å². The minimum Gasteiger partial charge on any atom is -0.405 e. The van der Waals surface area contributed by atoms with E-state index < -0.39 is 5.41 Å². The van der Waals surface area contributed by atoms with E-state index in [1.165, 1.54) is 0 Å². The Morgan fingerprint density at radius 3 is 2.54 bits per heavy atom. The molecule has 1 N–H and O–H groups in total. The van der Waals surface area contributed by atoms with E-state index in [4.69, 9.17) is 4.74 Å². The normalized spacial score (nSPS) is 11.4. The summed E-state index contributed by atoms with van der Waals surface area (Å²) in [5.41, 5.74) is 0.336. The van der Waals surface area contributed by atoms with E-state index in [0.717, 1.165) is 5.56 Å². The zero-order valence-electron chi connectivity index (χ0n) is 8.34. The van der Waals surface area contributed by atoms with Crippen LogP contribution in [0, 0.1) is 12.3 Å². The first-order valence-corrected chi connectivity index (χ1v) is 4.14. The Labute approximate surface area is 77.3 Å². The molecule has 0 amide bonds. The second-order valence-electron chi connectivity index (χ2n) is 4.01. The van der Waals surface area contributed by atoms with Gasteiger partial charge in [0.1, 0.15) is 0 Å². The molecule has 0 spiro atoms. The molecule has 0 fully saturated rings. The molecule has 0 saturated heterocycles. The average molecular weight is 182 g/mol. The minimum atomic E-state index is -0.495. The molecule has 0 aliphatic heterocycles. The van der Waals surface area contributed by atoms with Crippen LogP contribution in [0.15, 0.2) is 6.20 Å². The van der Waals surface area contributed by atoms with E-state index in [-0.39, 0.29) is 5.97 Å². The minimum absolute atomic E-state index is 0.275. The van der Waals surface area contributed by atoms with Gasteiger partial charge in [-0.05, 0) is 27.7 Å². The van der Waals surface area contributed by atoms with Gasteiger partial charge in [-0.25, -0.2) is 0 Å². The molecule has 0 unspecified atom stereocenters. The molecule has 0 atom stereocenters. The molecule has 1 heterocycles. The largest absolute Gasteiger partial charge is 0.405 e. The molecule has 4 heteroatoms. The number of aromatic amines is 1. The standard InChI is InChI=1S/C9H14N2O2/c1-6-5-10-11-7(6)13-8(12)9(2,3)4/h5H,1-4H3,(H,10,11). The number of nitrogens with one attached hydrogen (secondary N) is 1. The van der Waals surface area contributed by atoms with Crippen LogP contribution >= 0.6 is 0 Å². The van der Waals surface area contributed by atoms with Crippen molar-refractivity contribution < 1.29 is 9.53 Å². The lowest BCUT2D eigenvalue weighted by atomic mass is 9.97. The van der Waals surface area contributed by atoms with Crippen molar-refractivity contribution in [3.05, 3.63) is 11.8 Å². The Balaban J connectivity index is 2.71. The number of ether oxygens (including phenoxy) is 1. The highest BCUT2D eigenvalue weighted by atomic mass is 16.5. The predicted octanol–water partition coefficient (Wildman–Crippen LogP) is 1.67. The molecular formula is C9H14N2O2. The number of rotatable bonds is 1. The summed E-state index contributed by atoms with van der Waals surface area (Å²) in [7, 11) is 0. The van der Waals surface area contributed by atoms with Gasteiger partial charge >= 0.3 is 5.97 Å². The highest BCUT2D eigenvalue weighted by Crippen LogP contribution is 2.19. The molecule has 1 aromatic rings. The first-order valence-electron chi connectivity index (χ1n) is 4.14. The summed E-state index contributed by atoms with van der Waals surface area (Å²) in [4.78, 5) is 11.4. The second kappa shape index (κ2) is 3.20. The number of carbonyl (C=O) groups is 1. The van der Waals surface area contributed by atoms with Gasteiger partial charge in [-0.3, -0.25) is 9.89 Å². The fourth-order valence-electron chi connectivity index (χ4n) is 0.682. The van der Waals surface area contributed by atoms with Crippen molar-refractivity contribution >= 4 is 5.97 Å². The highest BCUT2D eigenvalue weighted by Gasteiger charge is 2.24. The Morgan fingerprint density at radius 2 is 2.15 bits per heavy atom. The lowest BCUT2D eigenvalue weighted by Crippen LogP contribution is -2.25. The first-order chi connectivity index (χ1) is 5.91. The summed E-state index contributed by atoms with van der Waals surface area (Å²) >= 11 is 0. The van der Waals surface area contributed by atoms with Crippen LogP contribution in [0.5, 0.6) is 5.88 Å². The summed E-state index contributed by atoms with van der Waals surface area (Å²) in [6, 6.07) is 0. The SMILES string of the molecule is Cc1c[nH]nc1OC(=O)C(C)(C)C. The summed E-state index contributed by atoms with van der Waals surface area (Å²) in [6.45, 7) is 7.24. The fraction of sp³-hybridized carbons (Fsp3) is 0.556. The van der Waals surface area contributed by atoms with Crippen LogP contribution in [0.25, 0.3) is 0 Å². The van der Waals surface area contributed by atoms with E-state index in [9.17, 15) is 4.79 Å². The molecule has 4 nitrogen and oxygen atoms in total. The lowest BCUT2D eigenvalue weighted by Gasteiger charge is -2.14. The van der Waals surface area contributed by atoms with E-state index >= 15 is 0 Å². The van der Waals surface area contributed by atoms with Gasteiger partial charge in [0.2, 0.25) is 5.88 Å². The van der Waals surface area contributed by atoms with Gasteiger partial charge in [0.05, 0.1) is 5.41 Å². The second-order valence-corrected chi connectivity index (χ2v) is 4.01. The predicted molar refractivity (Wildman–Crippen MR) is 48.4 cm³/mol. The molecule has 0 saturated carbocycles. The van der Waals surface area contributed by atoms with E-state index in [0.29, 0.717) is 5.88 Å². The Bertz CT molecular complexity index is 310. The zero-order valence-corrected chi connectivity index (χ0v) is 8.34. The van der Waals surface area contributed by atoms with Gasteiger partial charge in [-0.15, -0.1) is 5.10 Å². The molecule has 1 aromatic heterocycles. The van der Waals surface area contributed by atoms with Crippen LogP contribution < -0.4 is 4.74 Å². The number of hydrogen-bond acceptors (Lipinski definition) is 3. The Morgan fingerprint density at radius 1 is 1.54 bits per heavy atom. The fourth-order valence-corrected chi connectivity index (χ4v) is 0.682. The zero-order chi connectivity index (χ0) is 10.1. The van der Waals surface area contributed by atoms with Gasteiger partial charge in [0.25, 0.3) is 0 Å². The first kappa shape index (κ1) is 9.77. The average Bonchev–Trinajstić information content (AvgIpc) is 2.34. The summed E-state index contributed by atoms with van der Waals surface area (Å²) in [5.74, 6) is 0.0858. The molecule has 0 bridgehead atoms. The molecule has 0 aliphatic carbocycles. The van der Waals surface area contributed by atoms with E-state index in [1.54, 1.807) is 27.0 Å². The van der Waals surface area contributed by atoms with Crippen LogP contribution in [-0.2, 0) is 4.79 Å². The maximum absolute atomic E-state index is 11.4. The van der Waals surface area contributed by atoms with Crippen LogP contribution in [0.1, 0.15) is 26.3 Å². The van der Waals surface area contributed by atoms with Crippen molar-refractivity contribution in [1.29, 1.82) is 0 Å². The van der Waals surface area contributed by atoms with Crippen molar-refractivity contribution in [2.75, 3.05) is 0 Å². The number of H-pyrrole nitrogens is 1. The quantitative estimate of drug-likeness (QED) is 0.672. The molecule has 0 aliphatic rings. The smallest absolute Gasteiger partial charge is 0.318 e. The van der Waals surface area contributed by atoms with Gasteiger partial charge in [-0.2, -0.15) is 0 Å². The third-order valence-corrected chi connectivity index (χ3v) is 1.59. The van der Waals surface area contributed by atoms with Gasteiger partial charge in [-0.1, -0.05) is 0 Å². The van der Waals surface area contributed by atoms with Crippen LogP contribution in [0.2, 0.25) is 0 Å². The molecule has 0 radical (unpaired) electrons. The summed E-state index contributed by atoms with van der Waals surface area (Å²) in [5, 5.41) is 6.43. The number of nitrogens with zero attached hydrogens (tertiary/aromatic N) is 1. The Kier molecular flexibility index (Phi) is 2.40. The maximum atomic E-state index is 11.4. The number of aryl methyl sites for hydroxylation is 1. The molecule has 72 valence electrons. The van der Waals surface area contributed by atoms with E-state index in [2.05, 4.69) is 10.2 Å². The maximum Gasteiger partial charge on any atom is 0.318 e. The van der Waals surface area contributed by atoms with Crippen molar-refractivity contribution in [3.63, 3.8) is 0 Å². The molecule has 0 aromatic carbocycles. The third-order valence-electron chi connectivity index (χ3n) is 1.59. The summed E-state index contributed by atoms with van der Waals surface area (Å²) in [6.07, 6.45) is 1.69. The topological polar surface area (TPSA) is 55.0 Å². The number of esters is 1. The van der Waals surface area contributed by atoms with Gasteiger partial charge in [0.15, 0.2) is 0 Å². The number of hydrogen-bond donors (Lipinski definition) is 1.